The Kier molecular flexibility index (Phi) is 5.75. The molecule has 1 aliphatic rings. The highest BCUT2D eigenvalue weighted by molar-refractivity contribution is 5.22. The van der Waals surface area contributed by atoms with Crippen molar-refractivity contribution in [3.63, 3.8) is 0 Å². The zero-order valence-electron chi connectivity index (χ0n) is 13.9. The van der Waals surface area contributed by atoms with E-state index in [0.29, 0.717) is 0 Å². The molecule has 4 heteroatoms. The van der Waals surface area contributed by atoms with Gasteiger partial charge in [-0.05, 0) is 35.9 Å². The van der Waals surface area contributed by atoms with E-state index in [0.717, 1.165) is 19.6 Å². The topological polar surface area (TPSA) is 31.4 Å². The molecule has 4 nitrogen and oxygen atoms in total. The second-order valence-electron chi connectivity index (χ2n) is 6.35. The van der Waals surface area contributed by atoms with Crippen LogP contribution in [0.4, 0.5) is 0 Å². The average molecular weight is 310 g/mol. The Labute approximate surface area is 139 Å². The summed E-state index contributed by atoms with van der Waals surface area (Å²) in [5.41, 5.74) is 4.01. The van der Waals surface area contributed by atoms with Gasteiger partial charge in [-0.1, -0.05) is 24.3 Å². The number of likely N-dealkylation sites (N-methyl/N-ethyl adjacent to an activating group) is 1. The molecule has 1 aromatic heterocycles. The summed E-state index contributed by atoms with van der Waals surface area (Å²) in [7, 11) is 2.20. The van der Waals surface area contributed by atoms with Crippen LogP contribution in [0.1, 0.15) is 16.7 Å². The van der Waals surface area contributed by atoms with Crippen LogP contribution in [0.5, 0.6) is 0 Å². The zero-order chi connectivity index (χ0) is 15.9. The van der Waals surface area contributed by atoms with E-state index in [-0.39, 0.29) is 0 Å². The molecule has 23 heavy (non-hydrogen) atoms. The summed E-state index contributed by atoms with van der Waals surface area (Å²) in [5.74, 6) is 0. The predicted molar refractivity (Wildman–Crippen MR) is 94.0 cm³/mol. The Bertz CT molecular complexity index is 574. The molecule has 122 valence electrons. The van der Waals surface area contributed by atoms with Gasteiger partial charge in [0.1, 0.15) is 0 Å². The van der Waals surface area contributed by atoms with Crippen LogP contribution in [0.25, 0.3) is 0 Å². The molecule has 2 aromatic rings. The molecule has 3 rings (SSSR count). The lowest BCUT2D eigenvalue weighted by Gasteiger charge is -2.32. The average Bonchev–Trinajstić information content (AvgIpc) is 2.59. The Balaban J connectivity index is 1.43. The molecule has 1 saturated heterocycles. The van der Waals surface area contributed by atoms with Gasteiger partial charge in [-0.25, -0.2) is 0 Å². The minimum absolute atomic E-state index is 0.881. The molecular weight excluding hydrogens is 284 g/mol. The van der Waals surface area contributed by atoms with E-state index in [4.69, 9.17) is 0 Å². The van der Waals surface area contributed by atoms with E-state index >= 15 is 0 Å². The monoisotopic (exact) mass is 310 g/mol. The summed E-state index contributed by atoms with van der Waals surface area (Å²) >= 11 is 0. The van der Waals surface area contributed by atoms with Crippen LogP contribution in [-0.2, 0) is 19.6 Å². The maximum Gasteiger partial charge on any atom is 0.0271 e. The number of piperazine rings is 1. The highest BCUT2D eigenvalue weighted by Crippen LogP contribution is 2.10. The molecule has 0 aliphatic carbocycles. The molecule has 0 atom stereocenters. The summed E-state index contributed by atoms with van der Waals surface area (Å²) in [6, 6.07) is 13.1. The number of rotatable bonds is 6. The van der Waals surface area contributed by atoms with E-state index in [1.54, 1.807) is 0 Å². The lowest BCUT2D eigenvalue weighted by molar-refractivity contribution is 0.148. The summed E-state index contributed by atoms with van der Waals surface area (Å²) in [6.07, 6.45) is 3.67. The molecule has 1 fully saturated rings. The van der Waals surface area contributed by atoms with Gasteiger partial charge >= 0.3 is 0 Å². The summed E-state index contributed by atoms with van der Waals surface area (Å²) < 4.78 is 0. The third kappa shape index (κ3) is 5.13. The highest BCUT2D eigenvalue weighted by Gasteiger charge is 2.13. The van der Waals surface area contributed by atoms with Gasteiger partial charge in [-0.2, -0.15) is 0 Å². The van der Waals surface area contributed by atoms with Crippen molar-refractivity contribution >= 4 is 0 Å². The van der Waals surface area contributed by atoms with Crippen LogP contribution in [0.15, 0.2) is 48.8 Å². The fourth-order valence-corrected chi connectivity index (χ4v) is 2.88. The van der Waals surface area contributed by atoms with Gasteiger partial charge in [-0.3, -0.25) is 9.88 Å². The second kappa shape index (κ2) is 8.20. The van der Waals surface area contributed by atoms with Crippen molar-refractivity contribution in [2.45, 2.75) is 19.6 Å². The van der Waals surface area contributed by atoms with Crippen LogP contribution < -0.4 is 5.32 Å². The smallest absolute Gasteiger partial charge is 0.0271 e. The highest BCUT2D eigenvalue weighted by atomic mass is 15.2. The predicted octanol–water partition coefficient (Wildman–Crippen LogP) is 2.12. The first kappa shape index (κ1) is 16.1. The Hall–Kier alpha value is -1.75. The SMILES string of the molecule is CN1CCN(Cc2ccc(CNCc3ccncc3)cc2)CC1. The molecule has 1 aliphatic heterocycles. The Morgan fingerprint density at radius 2 is 1.39 bits per heavy atom. The van der Waals surface area contributed by atoms with E-state index in [1.807, 2.05) is 24.5 Å². The van der Waals surface area contributed by atoms with E-state index < -0.39 is 0 Å². The number of nitrogens with one attached hydrogen (secondary N) is 1. The van der Waals surface area contributed by atoms with Crippen molar-refractivity contribution in [2.75, 3.05) is 33.2 Å². The number of benzene rings is 1. The number of nitrogens with zero attached hydrogens (tertiary/aromatic N) is 3. The van der Waals surface area contributed by atoms with E-state index in [9.17, 15) is 0 Å². The van der Waals surface area contributed by atoms with Crippen LogP contribution in [0.3, 0.4) is 0 Å². The zero-order valence-corrected chi connectivity index (χ0v) is 13.9. The molecule has 0 unspecified atom stereocenters. The van der Waals surface area contributed by atoms with Crippen LogP contribution in [-0.4, -0.2) is 48.0 Å². The lowest BCUT2D eigenvalue weighted by atomic mass is 10.1. The van der Waals surface area contributed by atoms with Crippen LogP contribution >= 0.6 is 0 Å². The molecular formula is C19H26N4. The first-order valence-corrected chi connectivity index (χ1v) is 8.38. The standard InChI is InChI=1S/C19H26N4/c1-22-10-12-23(13-11-22)16-19-4-2-17(3-5-19)14-21-15-18-6-8-20-9-7-18/h2-9,21H,10-16H2,1H3. The molecule has 0 spiro atoms. The van der Waals surface area contributed by atoms with Crippen molar-refractivity contribution in [2.24, 2.45) is 0 Å². The van der Waals surface area contributed by atoms with Gasteiger partial charge in [0, 0.05) is 58.2 Å². The van der Waals surface area contributed by atoms with Gasteiger partial charge in [-0.15, -0.1) is 0 Å². The van der Waals surface area contributed by atoms with Crippen molar-refractivity contribution in [1.29, 1.82) is 0 Å². The fourth-order valence-electron chi connectivity index (χ4n) is 2.88. The van der Waals surface area contributed by atoms with Gasteiger partial charge in [0.25, 0.3) is 0 Å². The first-order valence-electron chi connectivity index (χ1n) is 8.38. The van der Waals surface area contributed by atoms with Gasteiger partial charge < -0.3 is 10.2 Å². The van der Waals surface area contributed by atoms with Crippen molar-refractivity contribution in [3.8, 4) is 0 Å². The Morgan fingerprint density at radius 1 is 0.826 bits per heavy atom. The Morgan fingerprint density at radius 3 is 2.04 bits per heavy atom. The molecule has 0 radical (unpaired) electrons. The normalized spacial score (nSPS) is 16.6. The number of pyridine rings is 1. The van der Waals surface area contributed by atoms with E-state index in [1.165, 1.54) is 42.9 Å². The maximum atomic E-state index is 4.04. The minimum atomic E-state index is 0.881. The molecule has 1 aromatic carbocycles. The number of aromatic nitrogens is 1. The number of hydrogen-bond donors (Lipinski definition) is 1. The summed E-state index contributed by atoms with van der Waals surface area (Å²) in [6.45, 7) is 7.55. The van der Waals surface area contributed by atoms with Crippen molar-refractivity contribution in [3.05, 3.63) is 65.5 Å². The summed E-state index contributed by atoms with van der Waals surface area (Å²) in [4.78, 5) is 8.97. The molecule has 0 saturated carbocycles. The quantitative estimate of drug-likeness (QED) is 0.885. The third-order valence-electron chi connectivity index (χ3n) is 4.43. The van der Waals surface area contributed by atoms with Crippen LogP contribution in [0.2, 0.25) is 0 Å². The number of hydrogen-bond acceptors (Lipinski definition) is 4. The van der Waals surface area contributed by atoms with Gasteiger partial charge in [0.05, 0.1) is 0 Å². The van der Waals surface area contributed by atoms with Gasteiger partial charge in [0.2, 0.25) is 0 Å². The molecule has 1 N–H and O–H groups in total. The van der Waals surface area contributed by atoms with Gasteiger partial charge in [0.15, 0.2) is 0 Å². The van der Waals surface area contributed by atoms with Crippen molar-refractivity contribution < 1.29 is 0 Å². The fraction of sp³-hybridized carbons (Fsp3) is 0.421. The van der Waals surface area contributed by atoms with Crippen LogP contribution in [0, 0.1) is 0 Å². The lowest BCUT2D eigenvalue weighted by Crippen LogP contribution is -2.43. The van der Waals surface area contributed by atoms with E-state index in [2.05, 4.69) is 51.4 Å². The van der Waals surface area contributed by atoms with Crippen molar-refractivity contribution in [1.82, 2.24) is 20.1 Å². The molecule has 0 bridgehead atoms. The minimum Gasteiger partial charge on any atom is -0.309 e. The largest absolute Gasteiger partial charge is 0.309 e. The maximum absolute atomic E-state index is 4.04. The molecule has 0 amide bonds. The second-order valence-corrected chi connectivity index (χ2v) is 6.35. The third-order valence-corrected chi connectivity index (χ3v) is 4.43. The first-order chi connectivity index (χ1) is 11.3. The summed E-state index contributed by atoms with van der Waals surface area (Å²) in [5, 5.41) is 3.48. The molecule has 2 heterocycles.